The number of amides is 1. The van der Waals surface area contributed by atoms with E-state index in [2.05, 4.69) is 5.32 Å². The zero-order valence-electron chi connectivity index (χ0n) is 9.96. The summed E-state index contributed by atoms with van der Waals surface area (Å²) < 4.78 is 13.4. The van der Waals surface area contributed by atoms with Gasteiger partial charge in [0.05, 0.1) is 5.60 Å². The first-order chi connectivity index (χ1) is 7.81. The zero-order valence-corrected chi connectivity index (χ0v) is 9.96. The van der Waals surface area contributed by atoms with E-state index in [1.165, 1.54) is 0 Å². The highest BCUT2D eigenvalue weighted by atomic mass is 19.1. The van der Waals surface area contributed by atoms with Gasteiger partial charge in [-0.05, 0) is 44.4 Å². The van der Waals surface area contributed by atoms with Crippen molar-refractivity contribution in [2.75, 3.05) is 5.32 Å². The SMILES string of the molecule is CC(C)(O)c1ccc(NC(=O)C2(F)CC2)cc1. The van der Waals surface area contributed by atoms with Crippen LogP contribution in [0.4, 0.5) is 10.1 Å². The molecule has 0 aliphatic heterocycles. The molecule has 0 spiro atoms. The van der Waals surface area contributed by atoms with E-state index in [-0.39, 0.29) is 0 Å². The number of halogens is 1. The van der Waals surface area contributed by atoms with Gasteiger partial charge in [0.25, 0.3) is 5.91 Å². The number of anilines is 1. The lowest BCUT2D eigenvalue weighted by atomic mass is 9.98. The summed E-state index contributed by atoms with van der Waals surface area (Å²) in [5.74, 6) is -0.575. The first kappa shape index (κ1) is 12.0. The number of nitrogens with one attached hydrogen (secondary N) is 1. The second kappa shape index (κ2) is 3.81. The van der Waals surface area contributed by atoms with E-state index < -0.39 is 17.2 Å². The molecular formula is C13H16FNO2. The molecule has 0 heterocycles. The molecule has 4 heteroatoms. The minimum Gasteiger partial charge on any atom is -0.386 e. The van der Waals surface area contributed by atoms with Crippen LogP contribution < -0.4 is 5.32 Å². The average Bonchev–Trinajstić information content (AvgIpc) is 2.97. The molecule has 1 aromatic carbocycles. The summed E-state index contributed by atoms with van der Waals surface area (Å²) in [6, 6.07) is 6.76. The third-order valence-corrected chi connectivity index (χ3v) is 2.95. The fourth-order valence-corrected chi connectivity index (χ4v) is 1.54. The molecule has 1 aliphatic rings. The molecule has 0 saturated heterocycles. The number of alkyl halides is 1. The molecule has 0 bridgehead atoms. The minimum absolute atomic E-state index is 0.306. The summed E-state index contributed by atoms with van der Waals surface area (Å²) in [5.41, 5.74) is -1.28. The Morgan fingerprint density at radius 2 is 1.88 bits per heavy atom. The second-order valence-corrected chi connectivity index (χ2v) is 5.06. The monoisotopic (exact) mass is 237 g/mol. The number of aliphatic hydroxyl groups is 1. The van der Waals surface area contributed by atoms with Crippen LogP contribution in [0.15, 0.2) is 24.3 Å². The normalized spacial score (nSPS) is 17.6. The molecule has 17 heavy (non-hydrogen) atoms. The largest absolute Gasteiger partial charge is 0.386 e. The van der Waals surface area contributed by atoms with Gasteiger partial charge in [-0.25, -0.2) is 4.39 Å². The fraction of sp³-hybridized carbons (Fsp3) is 0.462. The van der Waals surface area contributed by atoms with Crippen LogP contribution in [0.1, 0.15) is 32.3 Å². The first-order valence-electron chi connectivity index (χ1n) is 5.65. The van der Waals surface area contributed by atoms with Crippen molar-refractivity contribution in [3.05, 3.63) is 29.8 Å². The van der Waals surface area contributed by atoms with Gasteiger partial charge in [-0.2, -0.15) is 0 Å². The third-order valence-electron chi connectivity index (χ3n) is 2.95. The van der Waals surface area contributed by atoms with Crippen LogP contribution in [0, 0.1) is 0 Å². The molecule has 3 nitrogen and oxygen atoms in total. The number of carbonyl (C=O) groups is 1. The molecule has 1 saturated carbocycles. The van der Waals surface area contributed by atoms with Gasteiger partial charge in [0.2, 0.25) is 0 Å². The smallest absolute Gasteiger partial charge is 0.262 e. The maximum Gasteiger partial charge on any atom is 0.262 e. The van der Waals surface area contributed by atoms with E-state index in [4.69, 9.17) is 0 Å². The van der Waals surface area contributed by atoms with Gasteiger partial charge in [0, 0.05) is 5.69 Å². The van der Waals surface area contributed by atoms with Crippen LogP contribution in [0.3, 0.4) is 0 Å². The molecule has 1 aromatic rings. The van der Waals surface area contributed by atoms with Crippen LogP contribution in [0.2, 0.25) is 0 Å². The maximum atomic E-state index is 13.4. The number of hydrogen-bond acceptors (Lipinski definition) is 2. The maximum absolute atomic E-state index is 13.4. The number of benzene rings is 1. The fourth-order valence-electron chi connectivity index (χ4n) is 1.54. The predicted molar refractivity (Wildman–Crippen MR) is 63.4 cm³/mol. The van der Waals surface area contributed by atoms with Crippen LogP contribution in [0.25, 0.3) is 0 Å². The Bertz CT molecular complexity index is 430. The highest BCUT2D eigenvalue weighted by Crippen LogP contribution is 2.40. The van der Waals surface area contributed by atoms with Gasteiger partial charge in [-0.1, -0.05) is 12.1 Å². The molecule has 1 fully saturated rings. The van der Waals surface area contributed by atoms with Crippen molar-refractivity contribution in [2.45, 2.75) is 38.0 Å². The Morgan fingerprint density at radius 1 is 1.35 bits per heavy atom. The highest BCUT2D eigenvalue weighted by Gasteiger charge is 2.50. The Morgan fingerprint density at radius 3 is 2.29 bits per heavy atom. The third kappa shape index (κ3) is 2.64. The molecule has 2 N–H and O–H groups in total. The van der Waals surface area contributed by atoms with Crippen LogP contribution in [-0.4, -0.2) is 16.7 Å². The van der Waals surface area contributed by atoms with Crippen molar-refractivity contribution in [3.63, 3.8) is 0 Å². The van der Waals surface area contributed by atoms with Crippen molar-refractivity contribution in [1.29, 1.82) is 0 Å². The molecule has 0 aromatic heterocycles. The van der Waals surface area contributed by atoms with E-state index >= 15 is 0 Å². The Labute approximate surface area is 99.7 Å². The van der Waals surface area contributed by atoms with E-state index in [0.29, 0.717) is 18.5 Å². The molecule has 1 amide bonds. The lowest BCUT2D eigenvalue weighted by Crippen LogP contribution is -2.25. The van der Waals surface area contributed by atoms with E-state index in [0.717, 1.165) is 5.56 Å². The van der Waals surface area contributed by atoms with E-state index in [9.17, 15) is 14.3 Å². The lowest BCUT2D eigenvalue weighted by Gasteiger charge is -2.18. The van der Waals surface area contributed by atoms with Crippen molar-refractivity contribution in [2.24, 2.45) is 0 Å². The standard InChI is InChI=1S/C13H16FNO2/c1-12(2,17)9-3-5-10(6-4-9)15-11(16)13(14)7-8-13/h3-6,17H,7-8H2,1-2H3,(H,15,16). The van der Waals surface area contributed by atoms with Gasteiger partial charge in [-0.3, -0.25) is 4.79 Å². The van der Waals surface area contributed by atoms with Crippen LogP contribution in [0.5, 0.6) is 0 Å². The van der Waals surface area contributed by atoms with Gasteiger partial charge >= 0.3 is 0 Å². The van der Waals surface area contributed by atoms with Gasteiger partial charge in [0.1, 0.15) is 0 Å². The number of hydrogen-bond donors (Lipinski definition) is 2. The Hall–Kier alpha value is -1.42. The van der Waals surface area contributed by atoms with Crippen molar-refractivity contribution in [1.82, 2.24) is 0 Å². The van der Waals surface area contributed by atoms with Crippen LogP contribution >= 0.6 is 0 Å². The predicted octanol–water partition coefficient (Wildman–Crippen LogP) is 2.35. The molecule has 0 atom stereocenters. The summed E-state index contributed by atoms with van der Waals surface area (Å²) in [6.45, 7) is 3.36. The molecule has 92 valence electrons. The molecule has 2 rings (SSSR count). The molecular weight excluding hydrogens is 221 g/mol. The number of rotatable bonds is 3. The summed E-state index contributed by atoms with van der Waals surface area (Å²) >= 11 is 0. The average molecular weight is 237 g/mol. The van der Waals surface area contributed by atoms with Gasteiger partial charge in [0.15, 0.2) is 5.67 Å². The second-order valence-electron chi connectivity index (χ2n) is 5.06. The Kier molecular flexibility index (Phi) is 2.70. The summed E-state index contributed by atoms with van der Waals surface area (Å²) in [6.07, 6.45) is 0.612. The molecule has 0 radical (unpaired) electrons. The zero-order chi connectivity index (χ0) is 12.7. The quantitative estimate of drug-likeness (QED) is 0.847. The summed E-state index contributed by atoms with van der Waals surface area (Å²) in [7, 11) is 0. The van der Waals surface area contributed by atoms with Crippen molar-refractivity contribution >= 4 is 11.6 Å². The van der Waals surface area contributed by atoms with Gasteiger partial charge in [-0.15, -0.1) is 0 Å². The highest BCUT2D eigenvalue weighted by molar-refractivity contribution is 5.99. The Balaban J connectivity index is 2.06. The topological polar surface area (TPSA) is 49.3 Å². The van der Waals surface area contributed by atoms with E-state index in [1.807, 2.05) is 0 Å². The summed E-state index contributed by atoms with van der Waals surface area (Å²) in [4.78, 5) is 11.4. The number of carbonyl (C=O) groups excluding carboxylic acids is 1. The minimum atomic E-state index is -1.66. The van der Waals surface area contributed by atoms with Crippen molar-refractivity contribution in [3.8, 4) is 0 Å². The van der Waals surface area contributed by atoms with Gasteiger partial charge < -0.3 is 10.4 Å². The van der Waals surface area contributed by atoms with Crippen molar-refractivity contribution < 1.29 is 14.3 Å². The summed E-state index contributed by atoms with van der Waals surface area (Å²) in [5, 5.41) is 12.3. The lowest BCUT2D eigenvalue weighted by molar-refractivity contribution is -0.122. The molecule has 0 unspecified atom stereocenters. The molecule has 1 aliphatic carbocycles. The first-order valence-corrected chi connectivity index (χ1v) is 5.65. The van der Waals surface area contributed by atoms with Crippen LogP contribution in [-0.2, 0) is 10.4 Å². The van der Waals surface area contributed by atoms with E-state index in [1.54, 1.807) is 38.1 Å².